The third kappa shape index (κ3) is 5.13. The number of piperazine rings is 1. The van der Waals surface area contributed by atoms with Crippen molar-refractivity contribution >= 4 is 17.7 Å². The minimum absolute atomic E-state index is 0.143. The van der Waals surface area contributed by atoms with Gasteiger partial charge in [-0.25, -0.2) is 4.79 Å². The number of aliphatic carboxylic acids is 1. The first kappa shape index (κ1) is 19.5. The van der Waals surface area contributed by atoms with E-state index in [1.54, 1.807) is 4.90 Å². The molecule has 0 aliphatic carbocycles. The van der Waals surface area contributed by atoms with Crippen LogP contribution in [-0.2, 0) is 4.79 Å². The maximum absolute atomic E-state index is 12.4. The van der Waals surface area contributed by atoms with Crippen LogP contribution in [0.4, 0.5) is 10.5 Å². The molecule has 2 aliphatic heterocycles. The highest BCUT2D eigenvalue weighted by Crippen LogP contribution is 2.18. The number of carboxylic acid groups (broad SMARTS) is 1. The van der Waals surface area contributed by atoms with Gasteiger partial charge < -0.3 is 20.2 Å². The maximum atomic E-state index is 12.4. The Morgan fingerprint density at radius 2 is 1.85 bits per heavy atom. The SMILES string of the molecule is CC(CNC(=O)N1CCCC(C(=O)O)C1)N1CCN(c2ccccc2)CC1. The number of piperidine rings is 1. The summed E-state index contributed by atoms with van der Waals surface area (Å²) in [6.45, 7) is 7.56. The van der Waals surface area contributed by atoms with Gasteiger partial charge in [-0.2, -0.15) is 0 Å². The Morgan fingerprint density at radius 1 is 1.15 bits per heavy atom. The highest BCUT2D eigenvalue weighted by molar-refractivity contribution is 5.76. The second-order valence-corrected chi connectivity index (χ2v) is 7.52. The summed E-state index contributed by atoms with van der Waals surface area (Å²) < 4.78 is 0. The summed E-state index contributed by atoms with van der Waals surface area (Å²) in [6, 6.07) is 10.6. The van der Waals surface area contributed by atoms with Crippen molar-refractivity contribution in [3.8, 4) is 0 Å². The summed E-state index contributed by atoms with van der Waals surface area (Å²) in [5.74, 6) is -1.25. The number of urea groups is 1. The van der Waals surface area contributed by atoms with Crippen molar-refractivity contribution in [3.05, 3.63) is 30.3 Å². The molecule has 2 saturated heterocycles. The fourth-order valence-corrected chi connectivity index (χ4v) is 3.90. The standard InChI is InChI=1S/C20H30N4O3/c1-16(14-21-20(27)24-9-5-6-17(15-24)19(25)26)22-10-12-23(13-11-22)18-7-3-2-4-8-18/h2-4,7-8,16-17H,5-6,9-15H2,1H3,(H,21,27)(H,25,26). The number of hydrogen-bond acceptors (Lipinski definition) is 4. The minimum atomic E-state index is -0.808. The van der Waals surface area contributed by atoms with Crippen molar-refractivity contribution in [1.29, 1.82) is 0 Å². The van der Waals surface area contributed by atoms with Crippen LogP contribution < -0.4 is 10.2 Å². The van der Waals surface area contributed by atoms with Gasteiger partial charge in [0.05, 0.1) is 5.92 Å². The Morgan fingerprint density at radius 3 is 2.52 bits per heavy atom. The van der Waals surface area contributed by atoms with Crippen molar-refractivity contribution in [2.24, 2.45) is 5.92 Å². The van der Waals surface area contributed by atoms with E-state index in [1.165, 1.54) is 5.69 Å². The van der Waals surface area contributed by atoms with Crippen LogP contribution in [0.25, 0.3) is 0 Å². The molecule has 0 radical (unpaired) electrons. The number of nitrogens with zero attached hydrogens (tertiary/aromatic N) is 3. The number of nitrogens with one attached hydrogen (secondary N) is 1. The first-order chi connectivity index (χ1) is 13.0. The number of rotatable bonds is 5. The average molecular weight is 374 g/mol. The summed E-state index contributed by atoms with van der Waals surface area (Å²) in [5.41, 5.74) is 1.26. The van der Waals surface area contributed by atoms with Gasteiger partial charge in [-0.05, 0) is 31.9 Å². The fraction of sp³-hybridized carbons (Fsp3) is 0.600. The molecule has 1 aromatic carbocycles. The summed E-state index contributed by atoms with van der Waals surface area (Å²) in [7, 11) is 0. The van der Waals surface area contributed by atoms with Crippen LogP contribution in [0.3, 0.4) is 0 Å². The molecule has 7 nitrogen and oxygen atoms in total. The summed E-state index contributed by atoms with van der Waals surface area (Å²) in [4.78, 5) is 30.0. The van der Waals surface area contributed by atoms with E-state index in [9.17, 15) is 9.59 Å². The van der Waals surface area contributed by atoms with E-state index in [-0.39, 0.29) is 12.1 Å². The number of carbonyl (C=O) groups excluding carboxylic acids is 1. The number of amides is 2. The van der Waals surface area contributed by atoms with Crippen molar-refractivity contribution < 1.29 is 14.7 Å². The van der Waals surface area contributed by atoms with Crippen LogP contribution in [0.15, 0.2) is 30.3 Å². The van der Waals surface area contributed by atoms with Crippen LogP contribution in [0.2, 0.25) is 0 Å². The lowest BCUT2D eigenvalue weighted by Gasteiger charge is -2.39. The Labute approximate surface area is 160 Å². The number of anilines is 1. The van der Waals surface area contributed by atoms with E-state index in [2.05, 4.69) is 46.3 Å². The third-order valence-corrected chi connectivity index (χ3v) is 5.67. The molecule has 0 aromatic heterocycles. The molecule has 0 saturated carbocycles. The Balaban J connectivity index is 1.41. The van der Waals surface area contributed by atoms with Crippen LogP contribution in [0, 0.1) is 5.92 Å². The van der Waals surface area contributed by atoms with Crippen LogP contribution in [0.5, 0.6) is 0 Å². The van der Waals surface area contributed by atoms with Gasteiger partial charge in [-0.1, -0.05) is 18.2 Å². The van der Waals surface area contributed by atoms with Gasteiger partial charge in [0.15, 0.2) is 0 Å². The summed E-state index contributed by atoms with van der Waals surface area (Å²) >= 11 is 0. The largest absolute Gasteiger partial charge is 0.481 e. The number of benzene rings is 1. The Hall–Kier alpha value is -2.28. The van der Waals surface area contributed by atoms with Gasteiger partial charge in [0.25, 0.3) is 0 Å². The highest BCUT2D eigenvalue weighted by atomic mass is 16.4. The lowest BCUT2D eigenvalue weighted by Crippen LogP contribution is -2.54. The summed E-state index contributed by atoms with van der Waals surface area (Å²) in [6.07, 6.45) is 1.41. The fourth-order valence-electron chi connectivity index (χ4n) is 3.90. The van der Waals surface area contributed by atoms with Gasteiger partial charge in [0, 0.05) is 57.5 Å². The zero-order valence-corrected chi connectivity index (χ0v) is 16.0. The Bertz CT molecular complexity index is 631. The molecular formula is C20H30N4O3. The molecule has 2 heterocycles. The van der Waals surface area contributed by atoms with E-state index in [1.807, 2.05) is 6.07 Å². The lowest BCUT2D eigenvalue weighted by molar-refractivity contribution is -0.143. The van der Waals surface area contributed by atoms with Crippen LogP contribution >= 0.6 is 0 Å². The van der Waals surface area contributed by atoms with Gasteiger partial charge in [0.2, 0.25) is 0 Å². The van der Waals surface area contributed by atoms with E-state index < -0.39 is 11.9 Å². The Kier molecular flexibility index (Phi) is 6.55. The van der Waals surface area contributed by atoms with Gasteiger partial charge >= 0.3 is 12.0 Å². The minimum Gasteiger partial charge on any atom is -0.481 e. The van der Waals surface area contributed by atoms with Crippen molar-refractivity contribution in [3.63, 3.8) is 0 Å². The second-order valence-electron chi connectivity index (χ2n) is 7.52. The number of carboxylic acids is 1. The monoisotopic (exact) mass is 374 g/mol. The van der Waals surface area contributed by atoms with E-state index >= 15 is 0 Å². The van der Waals surface area contributed by atoms with Crippen molar-refractivity contribution in [1.82, 2.24) is 15.1 Å². The van der Waals surface area contributed by atoms with Gasteiger partial charge in [0.1, 0.15) is 0 Å². The molecule has 2 unspecified atom stereocenters. The molecule has 2 fully saturated rings. The molecule has 1 aromatic rings. The smallest absolute Gasteiger partial charge is 0.317 e. The molecule has 3 rings (SSSR count). The molecule has 2 N–H and O–H groups in total. The predicted molar refractivity (Wildman–Crippen MR) is 105 cm³/mol. The maximum Gasteiger partial charge on any atom is 0.317 e. The molecular weight excluding hydrogens is 344 g/mol. The normalized spacial score (nSPS) is 22.3. The highest BCUT2D eigenvalue weighted by Gasteiger charge is 2.28. The van der Waals surface area contributed by atoms with Gasteiger partial charge in [-0.15, -0.1) is 0 Å². The molecule has 7 heteroatoms. The second kappa shape index (κ2) is 9.08. The number of para-hydroxylation sites is 1. The molecule has 0 bridgehead atoms. The number of carbonyl (C=O) groups is 2. The zero-order valence-electron chi connectivity index (χ0n) is 16.0. The molecule has 2 atom stereocenters. The molecule has 148 valence electrons. The van der Waals surface area contributed by atoms with E-state index in [0.717, 1.165) is 32.6 Å². The first-order valence-electron chi connectivity index (χ1n) is 9.84. The van der Waals surface area contributed by atoms with Gasteiger partial charge in [-0.3, -0.25) is 9.69 Å². The molecule has 2 aliphatic rings. The lowest BCUT2D eigenvalue weighted by atomic mass is 9.99. The third-order valence-electron chi connectivity index (χ3n) is 5.67. The average Bonchev–Trinajstić information content (AvgIpc) is 2.72. The van der Waals surface area contributed by atoms with E-state index in [0.29, 0.717) is 26.1 Å². The number of hydrogen-bond donors (Lipinski definition) is 2. The predicted octanol–water partition coefficient (Wildman–Crippen LogP) is 1.70. The first-order valence-corrected chi connectivity index (χ1v) is 9.84. The summed E-state index contributed by atoms with van der Waals surface area (Å²) in [5, 5.41) is 12.2. The zero-order chi connectivity index (χ0) is 19.2. The molecule has 27 heavy (non-hydrogen) atoms. The topological polar surface area (TPSA) is 76.1 Å². The van der Waals surface area contributed by atoms with Crippen LogP contribution in [-0.4, -0.2) is 78.8 Å². The quantitative estimate of drug-likeness (QED) is 0.821. The van der Waals surface area contributed by atoms with Crippen molar-refractivity contribution in [2.45, 2.75) is 25.8 Å². The molecule has 0 spiro atoms. The molecule has 2 amide bonds. The number of likely N-dealkylation sites (tertiary alicyclic amines) is 1. The van der Waals surface area contributed by atoms with Crippen LogP contribution in [0.1, 0.15) is 19.8 Å². The van der Waals surface area contributed by atoms with Crippen molar-refractivity contribution in [2.75, 3.05) is 50.7 Å². The van der Waals surface area contributed by atoms with E-state index in [4.69, 9.17) is 5.11 Å².